The van der Waals surface area contributed by atoms with E-state index in [2.05, 4.69) is 20.8 Å². The molecule has 3 heteroatoms. The second-order valence-corrected chi connectivity index (χ2v) is 6.57. The molecule has 0 aliphatic heterocycles. The Morgan fingerprint density at radius 2 is 1.80 bits per heavy atom. The van der Waals surface area contributed by atoms with Crippen molar-refractivity contribution in [3.8, 4) is 5.75 Å². The van der Waals surface area contributed by atoms with Gasteiger partial charge in [-0.15, -0.1) is 0 Å². The van der Waals surface area contributed by atoms with Crippen LogP contribution >= 0.6 is 0 Å². The standard InChI is InChI=1S/C17H26O3/c1-5-19-16(17(2,3)4)15(18)12-6-8-13(9-7-12)20-14-10-11-14/h6-9,14-16,18H,5,10-11H2,1-4H3. The van der Waals surface area contributed by atoms with E-state index in [4.69, 9.17) is 9.47 Å². The zero-order valence-electron chi connectivity index (χ0n) is 12.9. The smallest absolute Gasteiger partial charge is 0.119 e. The summed E-state index contributed by atoms with van der Waals surface area (Å²) in [6.07, 6.45) is 1.87. The number of rotatable bonds is 6. The molecule has 0 radical (unpaired) electrons. The van der Waals surface area contributed by atoms with E-state index in [-0.39, 0.29) is 11.5 Å². The van der Waals surface area contributed by atoms with Gasteiger partial charge in [0.25, 0.3) is 0 Å². The summed E-state index contributed by atoms with van der Waals surface area (Å²) in [5, 5.41) is 10.6. The van der Waals surface area contributed by atoms with Crippen LogP contribution in [0.2, 0.25) is 0 Å². The maximum Gasteiger partial charge on any atom is 0.119 e. The average Bonchev–Trinajstić information content (AvgIpc) is 3.19. The SMILES string of the molecule is CCOC(C(O)c1ccc(OC2CC2)cc1)C(C)(C)C. The summed E-state index contributed by atoms with van der Waals surface area (Å²) in [5.74, 6) is 0.882. The number of aliphatic hydroxyl groups excluding tert-OH is 1. The molecule has 1 saturated carbocycles. The summed E-state index contributed by atoms with van der Waals surface area (Å²) < 4.78 is 11.5. The molecular formula is C17H26O3. The minimum atomic E-state index is -0.620. The zero-order valence-corrected chi connectivity index (χ0v) is 12.9. The second-order valence-electron chi connectivity index (χ2n) is 6.57. The lowest BCUT2D eigenvalue weighted by molar-refractivity contribution is -0.0898. The maximum atomic E-state index is 10.6. The molecule has 0 bridgehead atoms. The van der Waals surface area contributed by atoms with E-state index in [1.165, 1.54) is 0 Å². The Kier molecular flexibility index (Phi) is 4.71. The molecule has 1 aromatic carbocycles. The molecule has 0 spiro atoms. The highest BCUT2D eigenvalue weighted by Crippen LogP contribution is 2.34. The predicted molar refractivity (Wildman–Crippen MR) is 79.9 cm³/mol. The Bertz CT molecular complexity index is 415. The Morgan fingerprint density at radius 1 is 1.20 bits per heavy atom. The van der Waals surface area contributed by atoms with Crippen LogP contribution in [0.5, 0.6) is 5.75 Å². The van der Waals surface area contributed by atoms with Gasteiger partial charge in [0.1, 0.15) is 11.9 Å². The Labute approximate surface area is 121 Å². The fourth-order valence-corrected chi connectivity index (χ4v) is 2.29. The van der Waals surface area contributed by atoms with Crippen LogP contribution in [0.15, 0.2) is 24.3 Å². The zero-order chi connectivity index (χ0) is 14.8. The molecular weight excluding hydrogens is 252 g/mol. The van der Waals surface area contributed by atoms with Gasteiger partial charge in [0.15, 0.2) is 0 Å². The minimum absolute atomic E-state index is 0.112. The van der Waals surface area contributed by atoms with Crippen molar-refractivity contribution in [3.63, 3.8) is 0 Å². The van der Waals surface area contributed by atoms with Crippen LogP contribution in [-0.2, 0) is 4.74 Å². The highest BCUT2D eigenvalue weighted by atomic mass is 16.5. The molecule has 0 heterocycles. The summed E-state index contributed by atoms with van der Waals surface area (Å²) in [4.78, 5) is 0. The van der Waals surface area contributed by atoms with Crippen molar-refractivity contribution < 1.29 is 14.6 Å². The summed E-state index contributed by atoms with van der Waals surface area (Å²) in [6, 6.07) is 7.73. The Balaban J connectivity index is 2.07. The van der Waals surface area contributed by atoms with Crippen LogP contribution in [-0.4, -0.2) is 23.9 Å². The van der Waals surface area contributed by atoms with Crippen LogP contribution < -0.4 is 4.74 Å². The van der Waals surface area contributed by atoms with E-state index in [0.29, 0.717) is 12.7 Å². The second kappa shape index (κ2) is 6.15. The predicted octanol–water partition coefficient (Wildman–Crippen LogP) is 3.71. The first-order chi connectivity index (χ1) is 9.41. The first-order valence-corrected chi connectivity index (χ1v) is 7.48. The van der Waals surface area contributed by atoms with Crippen molar-refractivity contribution in [1.82, 2.24) is 0 Å². The molecule has 0 aromatic heterocycles. The highest BCUT2D eigenvalue weighted by molar-refractivity contribution is 5.29. The third-order valence-corrected chi connectivity index (χ3v) is 3.54. The van der Waals surface area contributed by atoms with Gasteiger partial charge in [0.05, 0.1) is 12.2 Å². The number of hydrogen-bond donors (Lipinski definition) is 1. The monoisotopic (exact) mass is 278 g/mol. The molecule has 1 N–H and O–H groups in total. The molecule has 1 aliphatic rings. The number of benzene rings is 1. The third kappa shape index (κ3) is 3.97. The van der Waals surface area contributed by atoms with Crippen LogP contribution in [0.3, 0.4) is 0 Å². The van der Waals surface area contributed by atoms with Crippen LogP contribution in [0.4, 0.5) is 0 Å². The van der Waals surface area contributed by atoms with Crippen molar-refractivity contribution in [2.45, 2.75) is 58.8 Å². The summed E-state index contributed by atoms with van der Waals surface area (Å²) in [6.45, 7) is 8.81. The molecule has 2 rings (SSSR count). The number of hydrogen-bond acceptors (Lipinski definition) is 3. The van der Waals surface area contributed by atoms with E-state index in [1.807, 2.05) is 31.2 Å². The minimum Gasteiger partial charge on any atom is -0.490 e. The van der Waals surface area contributed by atoms with E-state index < -0.39 is 6.10 Å². The first-order valence-electron chi connectivity index (χ1n) is 7.48. The van der Waals surface area contributed by atoms with Gasteiger partial charge in [-0.05, 0) is 42.9 Å². The molecule has 0 saturated heterocycles. The van der Waals surface area contributed by atoms with E-state index in [0.717, 1.165) is 24.2 Å². The molecule has 2 unspecified atom stereocenters. The molecule has 0 amide bonds. The lowest BCUT2D eigenvalue weighted by Gasteiger charge is -2.34. The Hall–Kier alpha value is -1.06. The topological polar surface area (TPSA) is 38.7 Å². The van der Waals surface area contributed by atoms with Gasteiger partial charge in [-0.1, -0.05) is 32.9 Å². The molecule has 1 fully saturated rings. The van der Waals surface area contributed by atoms with Crippen molar-refractivity contribution in [2.75, 3.05) is 6.61 Å². The fourth-order valence-electron chi connectivity index (χ4n) is 2.29. The van der Waals surface area contributed by atoms with E-state index >= 15 is 0 Å². The lowest BCUT2D eigenvalue weighted by atomic mass is 9.83. The van der Waals surface area contributed by atoms with E-state index in [1.54, 1.807) is 0 Å². The summed E-state index contributed by atoms with van der Waals surface area (Å²) in [5.41, 5.74) is 0.764. The van der Waals surface area contributed by atoms with E-state index in [9.17, 15) is 5.11 Å². The maximum absolute atomic E-state index is 10.6. The molecule has 20 heavy (non-hydrogen) atoms. The largest absolute Gasteiger partial charge is 0.490 e. The highest BCUT2D eigenvalue weighted by Gasteiger charge is 2.32. The first kappa shape index (κ1) is 15.3. The van der Waals surface area contributed by atoms with Gasteiger partial charge in [-0.2, -0.15) is 0 Å². The third-order valence-electron chi connectivity index (χ3n) is 3.54. The van der Waals surface area contributed by atoms with Crippen LogP contribution in [0.1, 0.15) is 52.2 Å². The summed E-state index contributed by atoms with van der Waals surface area (Å²) in [7, 11) is 0. The molecule has 112 valence electrons. The molecule has 1 aliphatic carbocycles. The van der Waals surface area contributed by atoms with Gasteiger partial charge in [-0.25, -0.2) is 0 Å². The van der Waals surface area contributed by atoms with Crippen LogP contribution in [0.25, 0.3) is 0 Å². The van der Waals surface area contributed by atoms with Gasteiger partial charge in [0, 0.05) is 6.61 Å². The number of aliphatic hydroxyl groups is 1. The normalized spacial score (nSPS) is 18.6. The molecule has 2 atom stereocenters. The van der Waals surface area contributed by atoms with Gasteiger partial charge in [-0.3, -0.25) is 0 Å². The van der Waals surface area contributed by atoms with Crippen molar-refractivity contribution in [2.24, 2.45) is 5.41 Å². The van der Waals surface area contributed by atoms with Crippen LogP contribution in [0, 0.1) is 5.41 Å². The fraction of sp³-hybridized carbons (Fsp3) is 0.647. The number of ether oxygens (including phenoxy) is 2. The molecule has 1 aromatic rings. The van der Waals surface area contributed by atoms with Crippen molar-refractivity contribution in [1.29, 1.82) is 0 Å². The quantitative estimate of drug-likeness (QED) is 0.862. The lowest BCUT2D eigenvalue weighted by Crippen LogP contribution is -2.35. The van der Waals surface area contributed by atoms with Gasteiger partial charge < -0.3 is 14.6 Å². The van der Waals surface area contributed by atoms with Crippen molar-refractivity contribution >= 4 is 0 Å². The van der Waals surface area contributed by atoms with Gasteiger partial charge >= 0.3 is 0 Å². The van der Waals surface area contributed by atoms with Crippen molar-refractivity contribution in [3.05, 3.63) is 29.8 Å². The van der Waals surface area contributed by atoms with Gasteiger partial charge in [0.2, 0.25) is 0 Å². The summed E-state index contributed by atoms with van der Waals surface area (Å²) >= 11 is 0. The Morgan fingerprint density at radius 3 is 2.25 bits per heavy atom. The average molecular weight is 278 g/mol. The molecule has 3 nitrogen and oxygen atoms in total.